The second-order valence-electron chi connectivity index (χ2n) is 10.5. The third-order valence-corrected chi connectivity index (χ3v) is 11.0. The summed E-state index contributed by atoms with van der Waals surface area (Å²) < 4.78 is 82.0. The first-order valence-corrected chi connectivity index (χ1v) is 15.9. The van der Waals surface area contributed by atoms with Crippen LogP contribution in [0, 0.1) is 5.92 Å². The van der Waals surface area contributed by atoms with Crippen molar-refractivity contribution < 1.29 is 40.7 Å². The number of imide groups is 1. The van der Waals surface area contributed by atoms with Crippen LogP contribution in [0.15, 0.2) is 76.6 Å². The minimum Gasteiger partial charge on any atom is -0.324 e. The Morgan fingerprint density at radius 3 is 2.28 bits per heavy atom. The van der Waals surface area contributed by atoms with Crippen molar-refractivity contribution in [3.8, 4) is 0 Å². The van der Waals surface area contributed by atoms with Crippen LogP contribution in [-0.2, 0) is 33.3 Å². The van der Waals surface area contributed by atoms with Gasteiger partial charge in [-0.1, -0.05) is 76.6 Å². The zero-order valence-electron chi connectivity index (χ0n) is 23.2. The van der Waals surface area contributed by atoms with Crippen molar-refractivity contribution >= 4 is 75.4 Å². The molecular formula is C30H17Cl2F6N3O4S2. The number of hydrogen-bond donors (Lipinski definition) is 1. The molecule has 2 aliphatic rings. The second kappa shape index (κ2) is 12.0. The largest absolute Gasteiger partial charge is 0.418 e. The summed E-state index contributed by atoms with van der Waals surface area (Å²) in [5, 5.41) is 1.06. The van der Waals surface area contributed by atoms with Crippen molar-refractivity contribution in [3.63, 3.8) is 0 Å². The normalized spacial score (nSPS) is 19.5. The topological polar surface area (TPSA) is 88.5 Å². The number of hydrogen-bond acceptors (Lipinski definition) is 6. The number of carbonyl (C=O) groups is 3. The maximum Gasteiger partial charge on any atom is 0.418 e. The maximum atomic E-state index is 14.0. The van der Waals surface area contributed by atoms with Crippen LogP contribution in [0.1, 0.15) is 27.5 Å². The summed E-state index contributed by atoms with van der Waals surface area (Å²) >= 11 is 14.2. The number of aromatic nitrogens is 1. The standard InChI is InChI=1S/C30H17Cl2F6N3O4S2/c31-17-9-4-7-15(22(17)32)20-21-23(26(44)41(25(21)43)14-6-3-5-13(11-14)29(33,34)35)46-27-24(20)47-28(45)40(27)12-19(42)39-18-10-2-1-8-16(18)30(36,37)38/h1-11,20-21,23H,12H2,(H,39,42)/t20-,21?,23?/m1/s1. The van der Waals surface area contributed by atoms with Crippen LogP contribution in [0.3, 0.4) is 0 Å². The molecule has 0 saturated carbocycles. The number of benzene rings is 3. The quantitative estimate of drug-likeness (QED) is 0.168. The molecule has 0 bridgehead atoms. The highest BCUT2D eigenvalue weighted by atomic mass is 35.5. The predicted octanol–water partition coefficient (Wildman–Crippen LogP) is 7.69. The predicted molar refractivity (Wildman–Crippen MR) is 164 cm³/mol. The highest BCUT2D eigenvalue weighted by Crippen LogP contribution is 2.55. The molecule has 0 radical (unpaired) electrons. The number of anilines is 2. The van der Waals surface area contributed by atoms with Gasteiger partial charge in [0.15, 0.2) is 0 Å². The van der Waals surface area contributed by atoms with E-state index in [0.717, 1.165) is 46.7 Å². The fraction of sp³-hybridized carbons (Fsp3) is 0.200. The molecule has 6 rings (SSSR count). The van der Waals surface area contributed by atoms with Gasteiger partial charge >= 0.3 is 17.2 Å². The number of thiazole rings is 1. The van der Waals surface area contributed by atoms with Gasteiger partial charge in [-0.2, -0.15) is 26.3 Å². The molecule has 0 aliphatic carbocycles. The number of nitrogens with zero attached hydrogens (tertiary/aromatic N) is 2. The minimum atomic E-state index is -4.78. The number of carbonyl (C=O) groups excluding carboxylic acids is 3. The van der Waals surface area contributed by atoms with E-state index in [1.807, 2.05) is 0 Å². The lowest BCUT2D eigenvalue weighted by molar-refractivity contribution is -0.138. The van der Waals surface area contributed by atoms with Crippen molar-refractivity contribution in [1.29, 1.82) is 0 Å². The first-order valence-electron chi connectivity index (χ1n) is 13.4. The third kappa shape index (κ3) is 5.94. The molecule has 1 aromatic heterocycles. The number of thioether (sulfide) groups is 1. The van der Waals surface area contributed by atoms with Crippen molar-refractivity contribution in [2.75, 3.05) is 10.2 Å². The van der Waals surface area contributed by atoms with Crippen LogP contribution < -0.4 is 15.1 Å². The molecule has 3 aromatic carbocycles. The van der Waals surface area contributed by atoms with E-state index < -0.39 is 75.4 Å². The van der Waals surface area contributed by atoms with Crippen LogP contribution in [0.2, 0.25) is 10.0 Å². The smallest absolute Gasteiger partial charge is 0.324 e. The van der Waals surface area contributed by atoms with E-state index in [-0.39, 0.29) is 31.2 Å². The Bertz CT molecular complexity index is 2010. The lowest BCUT2D eigenvalue weighted by Crippen LogP contribution is -2.33. The third-order valence-electron chi connectivity index (χ3n) is 7.61. The molecule has 47 heavy (non-hydrogen) atoms. The van der Waals surface area contributed by atoms with E-state index in [0.29, 0.717) is 22.3 Å². The Kier molecular flexibility index (Phi) is 8.47. The van der Waals surface area contributed by atoms with Crippen LogP contribution >= 0.6 is 46.3 Å². The first kappa shape index (κ1) is 33.1. The minimum absolute atomic E-state index is 0.00225. The number of amides is 3. The number of para-hydroxylation sites is 1. The second-order valence-corrected chi connectivity index (χ2v) is 13.4. The van der Waals surface area contributed by atoms with Gasteiger partial charge < -0.3 is 5.32 Å². The van der Waals surface area contributed by atoms with Gasteiger partial charge in [-0.25, -0.2) is 4.90 Å². The Labute approximate surface area is 279 Å². The molecule has 17 heteroatoms. The number of alkyl halides is 6. The van der Waals surface area contributed by atoms with Gasteiger partial charge in [-0.15, -0.1) is 0 Å². The van der Waals surface area contributed by atoms with Gasteiger partial charge in [0.25, 0.3) is 0 Å². The summed E-state index contributed by atoms with van der Waals surface area (Å²) in [6.07, 6.45) is -9.54. The molecule has 3 atom stereocenters. The van der Waals surface area contributed by atoms with Gasteiger partial charge in [-0.05, 0) is 42.0 Å². The summed E-state index contributed by atoms with van der Waals surface area (Å²) in [4.78, 5) is 54.3. The molecule has 1 N–H and O–H groups in total. The van der Waals surface area contributed by atoms with E-state index in [2.05, 4.69) is 5.32 Å². The Morgan fingerprint density at radius 2 is 1.57 bits per heavy atom. The maximum absolute atomic E-state index is 14.0. The molecule has 3 heterocycles. The summed E-state index contributed by atoms with van der Waals surface area (Å²) in [6.45, 7) is -0.753. The molecule has 7 nitrogen and oxygen atoms in total. The van der Waals surface area contributed by atoms with Gasteiger partial charge in [0.05, 0.1) is 43.5 Å². The Morgan fingerprint density at radius 1 is 0.872 bits per heavy atom. The van der Waals surface area contributed by atoms with E-state index in [1.165, 1.54) is 30.3 Å². The number of rotatable bonds is 5. The zero-order chi connectivity index (χ0) is 34.0. The molecule has 2 unspecified atom stereocenters. The summed E-state index contributed by atoms with van der Waals surface area (Å²) in [5.74, 6) is -5.03. The zero-order valence-corrected chi connectivity index (χ0v) is 26.3. The molecule has 1 fully saturated rings. The molecular weight excluding hydrogens is 715 g/mol. The molecule has 1 saturated heterocycles. The van der Waals surface area contributed by atoms with Crippen molar-refractivity contribution in [1.82, 2.24) is 4.57 Å². The van der Waals surface area contributed by atoms with E-state index in [4.69, 9.17) is 23.2 Å². The Hall–Kier alpha value is -3.79. The van der Waals surface area contributed by atoms with E-state index in [1.54, 1.807) is 0 Å². The van der Waals surface area contributed by atoms with Crippen molar-refractivity contribution in [2.24, 2.45) is 5.92 Å². The fourth-order valence-electron chi connectivity index (χ4n) is 5.60. The van der Waals surface area contributed by atoms with Crippen LogP contribution in [0.4, 0.5) is 37.7 Å². The SMILES string of the molecule is O=C(Cn1c2c(sc1=O)[C@H](c1cccc(Cl)c1Cl)C1C(=O)N(c3cccc(C(F)(F)F)c3)C(=O)C1S2)Nc1ccccc1C(F)(F)F. The number of fused-ring (bicyclic) bond motifs is 2. The van der Waals surface area contributed by atoms with Gasteiger partial charge in [0.1, 0.15) is 11.8 Å². The average molecular weight is 733 g/mol. The van der Waals surface area contributed by atoms with Crippen molar-refractivity contribution in [3.05, 3.63) is 108 Å². The molecule has 3 amide bonds. The average Bonchev–Trinajstić information content (AvgIpc) is 3.44. The summed E-state index contributed by atoms with van der Waals surface area (Å²) in [6, 6.07) is 12.5. The van der Waals surface area contributed by atoms with Gasteiger partial charge in [0, 0.05) is 10.8 Å². The highest BCUT2D eigenvalue weighted by Gasteiger charge is 2.57. The van der Waals surface area contributed by atoms with Crippen LogP contribution in [-0.4, -0.2) is 27.5 Å². The number of nitrogens with one attached hydrogen (secondary N) is 1. The van der Waals surface area contributed by atoms with E-state index >= 15 is 0 Å². The molecule has 4 aromatic rings. The fourth-order valence-corrected chi connectivity index (χ4v) is 8.79. The lowest BCUT2D eigenvalue weighted by atomic mass is 9.83. The first-order chi connectivity index (χ1) is 22.1. The van der Waals surface area contributed by atoms with Crippen LogP contribution in [0.25, 0.3) is 0 Å². The summed E-state index contributed by atoms with van der Waals surface area (Å²) in [5.41, 5.74) is -2.79. The molecule has 244 valence electrons. The van der Waals surface area contributed by atoms with Gasteiger partial charge in [0.2, 0.25) is 17.7 Å². The molecule has 2 aliphatic heterocycles. The van der Waals surface area contributed by atoms with Crippen molar-refractivity contribution in [2.45, 2.75) is 35.1 Å². The monoisotopic (exact) mass is 731 g/mol. The highest BCUT2D eigenvalue weighted by molar-refractivity contribution is 8.00. The van der Waals surface area contributed by atoms with Crippen LogP contribution in [0.5, 0.6) is 0 Å². The Balaban J connectivity index is 1.43. The summed E-state index contributed by atoms with van der Waals surface area (Å²) in [7, 11) is 0. The lowest BCUT2D eigenvalue weighted by Gasteiger charge is -2.31. The molecule has 0 spiro atoms. The number of halogens is 8. The van der Waals surface area contributed by atoms with E-state index in [9.17, 15) is 45.5 Å². The van der Waals surface area contributed by atoms with Gasteiger partial charge in [-0.3, -0.25) is 23.7 Å².